The van der Waals surface area contributed by atoms with Gasteiger partial charge in [0.05, 0.1) is 40.7 Å². The van der Waals surface area contributed by atoms with Gasteiger partial charge in [-0.05, 0) is 74.4 Å². The van der Waals surface area contributed by atoms with Crippen LogP contribution in [0.3, 0.4) is 0 Å². The zero-order valence-electron chi connectivity index (χ0n) is 26.9. The van der Waals surface area contributed by atoms with Crippen LogP contribution in [0.2, 0.25) is 5.02 Å². The Morgan fingerprint density at radius 3 is 2.87 bits per heavy atom. The van der Waals surface area contributed by atoms with Crippen molar-refractivity contribution >= 4 is 23.3 Å². The summed E-state index contributed by atoms with van der Waals surface area (Å²) in [6.07, 6.45) is 5.17. The van der Waals surface area contributed by atoms with Gasteiger partial charge in [-0.15, -0.1) is 0 Å². The molecule has 3 atom stereocenters. The normalized spacial score (nSPS) is 26.8. The fourth-order valence-electron chi connectivity index (χ4n) is 8.52. The van der Waals surface area contributed by atoms with E-state index in [0.29, 0.717) is 51.3 Å². The molecular weight excluding hydrogens is 628 g/mol. The van der Waals surface area contributed by atoms with E-state index in [1.807, 2.05) is 10.7 Å². The van der Waals surface area contributed by atoms with Crippen LogP contribution in [0.5, 0.6) is 6.01 Å². The summed E-state index contributed by atoms with van der Waals surface area (Å²) in [4.78, 5) is 28.7. The SMILES string of the molecule is CN(C)C(=O)c1cc2n(n1)CCCN(c1nc(OC[C@@]34CCCN3C[C@H](F)C4)nc3c1COC1(CCCc4cc(F)c(Cl)cc41)C3)C2. The second-order valence-corrected chi connectivity index (χ2v) is 14.5. The van der Waals surface area contributed by atoms with Gasteiger partial charge in [-0.1, -0.05) is 11.6 Å². The molecule has 4 aliphatic heterocycles. The first-order chi connectivity index (χ1) is 22.6. The van der Waals surface area contributed by atoms with Crippen LogP contribution >= 0.6 is 11.6 Å². The highest BCUT2D eigenvalue weighted by atomic mass is 35.5. The van der Waals surface area contributed by atoms with Crippen molar-refractivity contribution in [1.29, 1.82) is 0 Å². The number of alkyl halides is 1. The number of aromatic nitrogens is 4. The van der Waals surface area contributed by atoms with Crippen LogP contribution in [-0.4, -0.2) is 87.5 Å². The van der Waals surface area contributed by atoms with Crippen molar-refractivity contribution < 1.29 is 23.0 Å². The van der Waals surface area contributed by atoms with Crippen molar-refractivity contribution in [3.63, 3.8) is 0 Å². The van der Waals surface area contributed by atoms with Crippen LogP contribution in [0.4, 0.5) is 14.6 Å². The third kappa shape index (κ3) is 5.36. The van der Waals surface area contributed by atoms with E-state index in [0.717, 1.165) is 79.0 Å². The molecule has 0 saturated carbocycles. The van der Waals surface area contributed by atoms with E-state index in [2.05, 4.69) is 14.9 Å². The number of hydrogen-bond donors (Lipinski definition) is 0. The Bertz CT molecular complexity index is 1740. The van der Waals surface area contributed by atoms with Gasteiger partial charge in [0, 0.05) is 52.1 Å². The highest BCUT2D eigenvalue weighted by molar-refractivity contribution is 6.30. The lowest BCUT2D eigenvalue weighted by Crippen LogP contribution is -2.44. The molecule has 1 spiro atoms. The van der Waals surface area contributed by atoms with Crippen LogP contribution in [0.15, 0.2) is 18.2 Å². The summed E-state index contributed by atoms with van der Waals surface area (Å²) >= 11 is 6.31. The van der Waals surface area contributed by atoms with Gasteiger partial charge in [-0.2, -0.15) is 15.1 Å². The molecule has 13 heteroatoms. The molecule has 2 aromatic heterocycles. The topological polar surface area (TPSA) is 88.9 Å². The van der Waals surface area contributed by atoms with Crippen molar-refractivity contribution in [2.75, 3.05) is 45.2 Å². The van der Waals surface area contributed by atoms with Crippen molar-refractivity contribution in [2.45, 2.75) is 88.4 Å². The van der Waals surface area contributed by atoms with Crippen molar-refractivity contribution in [1.82, 2.24) is 29.5 Å². The Kier molecular flexibility index (Phi) is 7.68. The number of ether oxygens (including phenoxy) is 2. The fourth-order valence-corrected chi connectivity index (χ4v) is 8.69. The largest absolute Gasteiger partial charge is 0.461 e. The minimum absolute atomic E-state index is 0.0863. The van der Waals surface area contributed by atoms with Gasteiger partial charge >= 0.3 is 6.01 Å². The first kappa shape index (κ1) is 31.0. The second-order valence-electron chi connectivity index (χ2n) is 14.1. The molecule has 10 nitrogen and oxygen atoms in total. The lowest BCUT2D eigenvalue weighted by Gasteiger charge is -2.43. The van der Waals surface area contributed by atoms with Gasteiger partial charge < -0.3 is 19.3 Å². The molecule has 1 aromatic carbocycles. The first-order valence-electron chi connectivity index (χ1n) is 16.7. The predicted octanol–water partition coefficient (Wildman–Crippen LogP) is 4.84. The van der Waals surface area contributed by atoms with Crippen LogP contribution in [0.1, 0.15) is 77.1 Å². The molecule has 5 aliphatic rings. The van der Waals surface area contributed by atoms with Crippen molar-refractivity contribution in [3.8, 4) is 6.01 Å². The van der Waals surface area contributed by atoms with Crippen molar-refractivity contribution in [3.05, 3.63) is 62.8 Å². The molecule has 250 valence electrons. The van der Waals surface area contributed by atoms with Crippen molar-refractivity contribution in [2.24, 2.45) is 0 Å². The third-order valence-corrected chi connectivity index (χ3v) is 11.1. The number of hydrogen-bond acceptors (Lipinski definition) is 8. The maximum absolute atomic E-state index is 14.6. The molecule has 3 aromatic rings. The van der Waals surface area contributed by atoms with Crippen LogP contribution < -0.4 is 9.64 Å². The molecular formula is C34H40ClF2N7O3. The highest BCUT2D eigenvalue weighted by Crippen LogP contribution is 2.47. The number of amides is 1. The minimum atomic E-state index is -0.856. The maximum atomic E-state index is 14.6. The van der Waals surface area contributed by atoms with Gasteiger partial charge in [0.15, 0.2) is 5.69 Å². The van der Waals surface area contributed by atoms with E-state index in [1.54, 1.807) is 26.2 Å². The van der Waals surface area contributed by atoms with Crippen LogP contribution in [-0.2, 0) is 42.9 Å². The summed E-state index contributed by atoms with van der Waals surface area (Å²) in [5.41, 5.74) is 3.88. The molecule has 1 aliphatic carbocycles. The van der Waals surface area contributed by atoms with Gasteiger partial charge in [-0.3, -0.25) is 14.4 Å². The number of fused-ring (bicyclic) bond motifs is 5. The molecule has 0 radical (unpaired) electrons. The number of carbonyl (C=O) groups excluding carboxylic acids is 1. The molecule has 0 N–H and O–H groups in total. The van der Waals surface area contributed by atoms with Gasteiger partial charge in [-0.25, -0.2) is 8.78 Å². The number of aryl methyl sites for hydroxylation is 2. The maximum Gasteiger partial charge on any atom is 0.318 e. The monoisotopic (exact) mass is 667 g/mol. The number of carbonyl (C=O) groups is 1. The third-order valence-electron chi connectivity index (χ3n) is 10.8. The van der Waals surface area contributed by atoms with Crippen LogP contribution in [0.25, 0.3) is 0 Å². The fraction of sp³-hybridized carbons (Fsp3) is 0.588. The molecule has 2 fully saturated rings. The Morgan fingerprint density at radius 1 is 1.15 bits per heavy atom. The van der Waals surface area contributed by atoms with E-state index in [-0.39, 0.29) is 29.1 Å². The molecule has 47 heavy (non-hydrogen) atoms. The molecule has 1 amide bonds. The van der Waals surface area contributed by atoms with E-state index in [1.165, 1.54) is 4.90 Å². The zero-order chi connectivity index (χ0) is 32.5. The summed E-state index contributed by atoms with van der Waals surface area (Å²) in [6, 6.07) is 5.40. The standard InChI is InChI=1S/C34H40ClF2N7O3/c1-41(2)31(45)28-13-23-18-42(9-5-11-44(23)40-28)30-24-19-47-34(8-3-6-21-12-27(37)26(35)14-25(21)34)16-29(24)38-32(39-30)46-20-33-7-4-10-43(33)17-22(36)15-33/h12-14,22H,3-11,15-20H2,1-2H3/t22-,33+,34?/m1/s1. The number of anilines is 1. The average Bonchev–Trinajstić information content (AvgIpc) is 3.67. The summed E-state index contributed by atoms with van der Waals surface area (Å²) in [5, 5.41) is 4.70. The zero-order valence-corrected chi connectivity index (χ0v) is 27.7. The second kappa shape index (κ2) is 11.7. The van der Waals surface area contributed by atoms with Gasteiger partial charge in [0.1, 0.15) is 24.4 Å². The number of nitrogens with zero attached hydrogens (tertiary/aromatic N) is 7. The Hall–Kier alpha value is -3.35. The van der Waals surface area contributed by atoms with E-state index in [9.17, 15) is 13.6 Å². The lowest BCUT2D eigenvalue weighted by atomic mass is 9.75. The highest BCUT2D eigenvalue weighted by Gasteiger charge is 2.50. The molecule has 8 rings (SSSR count). The first-order valence-corrected chi connectivity index (χ1v) is 17.1. The average molecular weight is 668 g/mol. The number of halogens is 3. The predicted molar refractivity (Wildman–Crippen MR) is 171 cm³/mol. The minimum Gasteiger partial charge on any atom is -0.461 e. The lowest BCUT2D eigenvalue weighted by molar-refractivity contribution is -0.0856. The Morgan fingerprint density at radius 2 is 2.02 bits per heavy atom. The van der Waals surface area contributed by atoms with Gasteiger partial charge in [0.25, 0.3) is 5.91 Å². The molecule has 2 saturated heterocycles. The molecule has 1 unspecified atom stereocenters. The van der Waals surface area contributed by atoms with E-state index in [4.69, 9.17) is 31.0 Å². The quantitative estimate of drug-likeness (QED) is 0.382. The summed E-state index contributed by atoms with van der Waals surface area (Å²) in [6.45, 7) is 3.83. The molecule has 6 heterocycles. The number of benzene rings is 1. The Balaban J connectivity index is 1.16. The van der Waals surface area contributed by atoms with E-state index >= 15 is 0 Å². The number of rotatable bonds is 5. The molecule has 0 bridgehead atoms. The summed E-state index contributed by atoms with van der Waals surface area (Å²) < 4.78 is 44.2. The van der Waals surface area contributed by atoms with Crippen LogP contribution in [0, 0.1) is 5.82 Å². The Labute approximate surface area is 278 Å². The van der Waals surface area contributed by atoms with Gasteiger partial charge in [0.2, 0.25) is 0 Å². The summed E-state index contributed by atoms with van der Waals surface area (Å²) in [5.74, 6) is 0.178. The van der Waals surface area contributed by atoms with E-state index < -0.39 is 17.6 Å². The summed E-state index contributed by atoms with van der Waals surface area (Å²) in [7, 11) is 3.44. The smallest absolute Gasteiger partial charge is 0.318 e.